The van der Waals surface area contributed by atoms with Gasteiger partial charge in [-0.15, -0.1) is 12.4 Å². The average molecular weight is 262 g/mol. The molecule has 1 saturated heterocycles. The van der Waals surface area contributed by atoms with Gasteiger partial charge in [-0.3, -0.25) is 0 Å². The zero-order valence-corrected chi connectivity index (χ0v) is 10.9. The Morgan fingerprint density at radius 1 is 1.06 bits per heavy atom. The summed E-state index contributed by atoms with van der Waals surface area (Å²) >= 11 is 0. The van der Waals surface area contributed by atoms with Crippen LogP contribution in [0.4, 0.5) is 0 Å². The molecule has 1 fully saturated rings. The minimum Gasteiger partial charge on any atom is -0.492 e. The van der Waals surface area contributed by atoms with Crippen LogP contribution in [0, 0.1) is 5.92 Å². The lowest BCUT2D eigenvalue weighted by atomic mass is 9.85. The van der Waals surface area contributed by atoms with Gasteiger partial charge in [0.05, 0.1) is 6.61 Å². The minimum absolute atomic E-state index is 0. The summed E-state index contributed by atoms with van der Waals surface area (Å²) in [5, 5.41) is 6.01. The Balaban J connectivity index is 0.000001000. The molecule has 2 aromatic carbocycles. The monoisotopic (exact) mass is 261 g/mol. The minimum atomic E-state index is 0. The molecule has 2 atom stereocenters. The van der Waals surface area contributed by atoms with Crippen LogP contribution in [-0.2, 0) is 0 Å². The van der Waals surface area contributed by atoms with Gasteiger partial charge in [-0.05, 0) is 10.9 Å². The van der Waals surface area contributed by atoms with Crippen molar-refractivity contribution in [2.24, 2.45) is 5.92 Å². The summed E-state index contributed by atoms with van der Waals surface area (Å²) in [4.78, 5) is 0. The van der Waals surface area contributed by atoms with Crippen LogP contribution in [0.25, 0.3) is 10.8 Å². The Hall–Kier alpha value is -1.25. The molecule has 3 heteroatoms. The summed E-state index contributed by atoms with van der Waals surface area (Å²) in [5.41, 5.74) is 1.39. The van der Waals surface area contributed by atoms with E-state index in [4.69, 9.17) is 4.74 Å². The number of ether oxygens (including phenoxy) is 1. The molecule has 0 aliphatic carbocycles. The van der Waals surface area contributed by atoms with Gasteiger partial charge in [0.2, 0.25) is 0 Å². The average Bonchev–Trinajstić information content (AvgIpc) is 2.86. The Morgan fingerprint density at radius 2 is 1.94 bits per heavy atom. The molecule has 2 aliphatic heterocycles. The van der Waals surface area contributed by atoms with Gasteiger partial charge in [-0.25, -0.2) is 0 Å². The van der Waals surface area contributed by atoms with Crippen LogP contribution in [0.5, 0.6) is 5.75 Å². The maximum Gasteiger partial charge on any atom is 0.130 e. The Morgan fingerprint density at radius 3 is 2.89 bits per heavy atom. The van der Waals surface area contributed by atoms with Crippen LogP contribution >= 0.6 is 12.4 Å². The number of hydrogen-bond donors (Lipinski definition) is 1. The van der Waals surface area contributed by atoms with Gasteiger partial charge in [-0.2, -0.15) is 0 Å². The van der Waals surface area contributed by atoms with E-state index in [9.17, 15) is 0 Å². The number of halogens is 1. The largest absolute Gasteiger partial charge is 0.492 e. The van der Waals surface area contributed by atoms with E-state index < -0.39 is 0 Å². The van der Waals surface area contributed by atoms with Crippen LogP contribution in [0.3, 0.4) is 0 Å². The standard InChI is InChI=1S/C15H15NO.ClH/c1-2-4-12-10(3-1)5-6-13-14-8-16-7-11(14)9-17-15(12)13;/h1-6,11,14,16H,7-9H2;1H/t11-,14-;/m0./s1. The summed E-state index contributed by atoms with van der Waals surface area (Å²) < 4.78 is 6.01. The maximum atomic E-state index is 6.01. The highest BCUT2D eigenvalue weighted by molar-refractivity contribution is 5.90. The molecule has 0 unspecified atom stereocenters. The maximum absolute atomic E-state index is 6.01. The highest BCUT2D eigenvalue weighted by atomic mass is 35.5. The van der Waals surface area contributed by atoms with Gasteiger partial charge in [0.25, 0.3) is 0 Å². The molecule has 0 radical (unpaired) electrons. The summed E-state index contributed by atoms with van der Waals surface area (Å²) in [6, 6.07) is 13.0. The second-order valence-electron chi connectivity index (χ2n) is 5.04. The quantitative estimate of drug-likeness (QED) is 0.787. The lowest BCUT2D eigenvalue weighted by Crippen LogP contribution is -2.24. The summed E-state index contributed by atoms with van der Waals surface area (Å²) in [6.45, 7) is 3.05. The van der Waals surface area contributed by atoms with Crippen molar-refractivity contribution in [1.29, 1.82) is 0 Å². The first-order chi connectivity index (χ1) is 8.43. The van der Waals surface area contributed by atoms with E-state index >= 15 is 0 Å². The van der Waals surface area contributed by atoms with Crippen molar-refractivity contribution < 1.29 is 4.74 Å². The van der Waals surface area contributed by atoms with Crippen molar-refractivity contribution >= 4 is 23.2 Å². The number of nitrogens with one attached hydrogen (secondary N) is 1. The first-order valence-corrected chi connectivity index (χ1v) is 6.28. The lowest BCUT2D eigenvalue weighted by molar-refractivity contribution is 0.222. The molecule has 0 spiro atoms. The Kier molecular flexibility index (Phi) is 2.92. The van der Waals surface area contributed by atoms with Crippen molar-refractivity contribution in [1.82, 2.24) is 5.32 Å². The molecule has 4 rings (SSSR count). The predicted octanol–water partition coefficient (Wildman–Crippen LogP) is 2.96. The molecule has 1 N–H and O–H groups in total. The topological polar surface area (TPSA) is 21.3 Å². The van der Waals surface area contributed by atoms with E-state index in [-0.39, 0.29) is 12.4 Å². The van der Waals surface area contributed by atoms with Crippen molar-refractivity contribution in [2.75, 3.05) is 19.7 Å². The molecule has 2 nitrogen and oxygen atoms in total. The molecular formula is C15H16ClNO. The summed E-state index contributed by atoms with van der Waals surface area (Å²) in [6.07, 6.45) is 0. The van der Waals surface area contributed by atoms with E-state index in [0.29, 0.717) is 11.8 Å². The molecule has 0 saturated carbocycles. The zero-order chi connectivity index (χ0) is 11.2. The second kappa shape index (κ2) is 4.45. The molecule has 0 bridgehead atoms. The van der Waals surface area contributed by atoms with Gasteiger partial charge in [0, 0.05) is 30.3 Å². The normalized spacial score (nSPS) is 24.9. The van der Waals surface area contributed by atoms with E-state index in [2.05, 4.69) is 41.7 Å². The molecule has 2 aromatic rings. The third kappa shape index (κ3) is 1.60. The third-order valence-electron chi connectivity index (χ3n) is 4.09. The van der Waals surface area contributed by atoms with E-state index in [1.54, 1.807) is 0 Å². The van der Waals surface area contributed by atoms with Gasteiger partial charge in [0.1, 0.15) is 5.75 Å². The Bertz CT molecular complexity index is 584. The molecule has 18 heavy (non-hydrogen) atoms. The zero-order valence-electron chi connectivity index (χ0n) is 10.1. The van der Waals surface area contributed by atoms with Crippen molar-refractivity contribution in [2.45, 2.75) is 5.92 Å². The SMILES string of the molecule is Cl.c1ccc2c3c(ccc2c1)[C@H]1CNC[C@H]1CO3. The number of fused-ring (bicyclic) bond motifs is 5. The molecule has 2 aliphatic rings. The van der Waals surface area contributed by atoms with Crippen LogP contribution in [0.1, 0.15) is 11.5 Å². The number of rotatable bonds is 0. The van der Waals surface area contributed by atoms with Gasteiger partial charge >= 0.3 is 0 Å². The molecule has 0 aromatic heterocycles. The van der Waals surface area contributed by atoms with Crippen LogP contribution < -0.4 is 10.1 Å². The van der Waals surface area contributed by atoms with Crippen LogP contribution in [0.2, 0.25) is 0 Å². The van der Waals surface area contributed by atoms with Gasteiger partial charge in [-0.1, -0.05) is 36.4 Å². The van der Waals surface area contributed by atoms with Gasteiger partial charge < -0.3 is 10.1 Å². The first kappa shape index (κ1) is 11.8. The highest BCUT2D eigenvalue weighted by Gasteiger charge is 2.35. The number of hydrogen-bond acceptors (Lipinski definition) is 2. The second-order valence-corrected chi connectivity index (χ2v) is 5.04. The first-order valence-electron chi connectivity index (χ1n) is 6.28. The molecule has 2 heterocycles. The fourth-order valence-corrected chi connectivity index (χ4v) is 3.18. The van der Waals surface area contributed by atoms with Gasteiger partial charge in [0.15, 0.2) is 0 Å². The summed E-state index contributed by atoms with van der Waals surface area (Å²) in [7, 11) is 0. The third-order valence-corrected chi connectivity index (χ3v) is 4.09. The van der Waals surface area contributed by atoms with E-state index in [1.165, 1.54) is 16.3 Å². The molecule has 94 valence electrons. The fraction of sp³-hybridized carbons (Fsp3) is 0.333. The number of benzene rings is 2. The molecule has 0 amide bonds. The van der Waals surface area contributed by atoms with E-state index in [1.807, 2.05) is 0 Å². The highest BCUT2D eigenvalue weighted by Crippen LogP contribution is 2.42. The smallest absolute Gasteiger partial charge is 0.130 e. The van der Waals surface area contributed by atoms with Crippen LogP contribution in [0.15, 0.2) is 36.4 Å². The van der Waals surface area contributed by atoms with Crippen molar-refractivity contribution in [3.8, 4) is 5.75 Å². The lowest BCUT2D eigenvalue weighted by Gasteiger charge is -2.28. The summed E-state index contributed by atoms with van der Waals surface area (Å²) in [5.74, 6) is 2.42. The molecular weight excluding hydrogens is 246 g/mol. The van der Waals surface area contributed by atoms with Crippen molar-refractivity contribution in [3.63, 3.8) is 0 Å². The van der Waals surface area contributed by atoms with Crippen LogP contribution in [-0.4, -0.2) is 19.7 Å². The fourth-order valence-electron chi connectivity index (χ4n) is 3.18. The van der Waals surface area contributed by atoms with Crippen molar-refractivity contribution in [3.05, 3.63) is 42.0 Å². The predicted molar refractivity (Wildman–Crippen MR) is 75.8 cm³/mol. The van der Waals surface area contributed by atoms with E-state index in [0.717, 1.165) is 25.4 Å². The Labute approximate surface area is 113 Å².